The Balaban J connectivity index is 3.31. The average molecular weight is 323 g/mol. The van der Waals surface area contributed by atoms with Gasteiger partial charge in [-0.15, -0.1) is 0 Å². The van der Waals surface area contributed by atoms with Crippen molar-refractivity contribution >= 4 is 27.3 Å². The summed E-state index contributed by atoms with van der Waals surface area (Å²) in [4.78, 5) is -0.0674. The number of aliphatic hydroxyl groups is 2. The lowest BCUT2D eigenvalue weighted by molar-refractivity contribution is 0.105. The van der Waals surface area contributed by atoms with E-state index in [1.807, 2.05) is 0 Å². The highest BCUT2D eigenvalue weighted by molar-refractivity contribution is 7.89. The summed E-state index contributed by atoms with van der Waals surface area (Å²) in [5.74, 6) is 0. The molecule has 20 heavy (non-hydrogen) atoms. The van der Waals surface area contributed by atoms with Gasteiger partial charge in [-0.2, -0.15) is 0 Å². The number of rotatable bonds is 6. The summed E-state index contributed by atoms with van der Waals surface area (Å²) in [5.41, 5.74) is 5.01. The number of hydrogen-bond donors (Lipinski definition) is 4. The molecule has 0 heterocycles. The van der Waals surface area contributed by atoms with Gasteiger partial charge in [-0.3, -0.25) is 0 Å². The fraction of sp³-hybridized carbons (Fsp3) is 0.500. The monoisotopic (exact) mass is 322 g/mol. The molecule has 1 rings (SSSR count). The first-order valence-electron chi connectivity index (χ1n) is 6.02. The van der Waals surface area contributed by atoms with E-state index in [0.29, 0.717) is 5.56 Å². The van der Waals surface area contributed by atoms with Crippen LogP contribution in [0.25, 0.3) is 0 Å². The molecule has 0 radical (unpaired) electrons. The number of benzene rings is 1. The lowest BCUT2D eigenvalue weighted by atomic mass is 10.0. The molecular weight excluding hydrogens is 304 g/mol. The molecule has 0 saturated heterocycles. The Morgan fingerprint density at radius 2 is 1.90 bits per heavy atom. The van der Waals surface area contributed by atoms with Gasteiger partial charge in [0.25, 0.3) is 0 Å². The van der Waals surface area contributed by atoms with Gasteiger partial charge >= 0.3 is 0 Å². The molecule has 8 heteroatoms. The topological polar surface area (TPSA) is 113 Å². The van der Waals surface area contributed by atoms with Gasteiger partial charge in [-0.05, 0) is 31.0 Å². The van der Waals surface area contributed by atoms with Crippen LogP contribution in [0.2, 0.25) is 5.02 Å². The molecule has 0 aliphatic rings. The van der Waals surface area contributed by atoms with E-state index in [4.69, 9.17) is 17.3 Å². The van der Waals surface area contributed by atoms with Gasteiger partial charge in [0.2, 0.25) is 10.0 Å². The predicted molar refractivity (Wildman–Crippen MR) is 78.1 cm³/mol. The zero-order valence-corrected chi connectivity index (χ0v) is 12.9. The highest BCUT2D eigenvalue weighted by atomic mass is 35.5. The third-order valence-corrected chi connectivity index (χ3v) is 5.21. The zero-order valence-electron chi connectivity index (χ0n) is 11.4. The van der Waals surface area contributed by atoms with E-state index in [1.165, 1.54) is 12.1 Å². The maximum Gasteiger partial charge on any atom is 0.241 e. The maximum absolute atomic E-state index is 12.4. The number of anilines is 1. The minimum atomic E-state index is -3.96. The molecule has 0 spiro atoms. The normalized spacial score (nSPS) is 12.7. The largest absolute Gasteiger partial charge is 0.398 e. The van der Waals surface area contributed by atoms with Crippen LogP contribution in [-0.4, -0.2) is 37.4 Å². The van der Waals surface area contributed by atoms with Crippen LogP contribution >= 0.6 is 11.6 Å². The summed E-state index contributed by atoms with van der Waals surface area (Å²) in [5, 5.41) is 18.9. The van der Waals surface area contributed by atoms with Crippen LogP contribution in [0.1, 0.15) is 18.9 Å². The first-order valence-corrected chi connectivity index (χ1v) is 7.89. The van der Waals surface area contributed by atoms with Crippen molar-refractivity contribution < 1.29 is 18.6 Å². The van der Waals surface area contributed by atoms with Crippen molar-refractivity contribution in [1.29, 1.82) is 0 Å². The fourth-order valence-corrected chi connectivity index (χ4v) is 3.75. The molecule has 1 aromatic rings. The standard InChI is InChI=1S/C12H19ClN2O4S/c1-3-12(6-16,7-17)15-20(18,19)11-5-9(13)4-10(14)8(11)2/h4-5,15-17H,3,6-7,14H2,1-2H3. The van der Waals surface area contributed by atoms with Crippen LogP contribution in [0.15, 0.2) is 17.0 Å². The Labute approximate surface area is 123 Å². The summed E-state index contributed by atoms with van der Waals surface area (Å²) < 4.78 is 27.1. The SMILES string of the molecule is CCC(CO)(CO)NS(=O)(=O)c1cc(Cl)cc(N)c1C. The van der Waals surface area contributed by atoms with Crippen molar-refractivity contribution in [3.8, 4) is 0 Å². The van der Waals surface area contributed by atoms with E-state index in [0.717, 1.165) is 0 Å². The van der Waals surface area contributed by atoms with Crippen molar-refractivity contribution in [2.45, 2.75) is 30.7 Å². The van der Waals surface area contributed by atoms with E-state index in [2.05, 4.69) is 4.72 Å². The summed E-state index contributed by atoms with van der Waals surface area (Å²) in [6, 6.07) is 2.74. The molecule has 1 aromatic carbocycles. The summed E-state index contributed by atoms with van der Waals surface area (Å²) in [7, 11) is -3.96. The minimum absolute atomic E-state index is 0.0674. The van der Waals surface area contributed by atoms with E-state index in [9.17, 15) is 18.6 Å². The maximum atomic E-state index is 12.4. The van der Waals surface area contributed by atoms with Gasteiger partial charge in [0.15, 0.2) is 0 Å². The Morgan fingerprint density at radius 1 is 1.35 bits per heavy atom. The molecule has 0 aromatic heterocycles. The fourth-order valence-electron chi connectivity index (χ4n) is 1.70. The van der Waals surface area contributed by atoms with Gasteiger partial charge < -0.3 is 15.9 Å². The summed E-state index contributed by atoms with van der Waals surface area (Å²) in [6.45, 7) is 2.18. The molecule has 6 nitrogen and oxygen atoms in total. The van der Waals surface area contributed by atoms with Gasteiger partial charge in [0.1, 0.15) is 0 Å². The number of nitrogens with two attached hydrogens (primary N) is 1. The number of sulfonamides is 1. The van der Waals surface area contributed by atoms with Crippen LogP contribution in [-0.2, 0) is 10.0 Å². The molecular formula is C12H19ClN2O4S. The zero-order chi connectivity index (χ0) is 15.6. The highest BCUT2D eigenvalue weighted by Crippen LogP contribution is 2.27. The van der Waals surface area contributed by atoms with Crippen LogP contribution in [0, 0.1) is 6.92 Å². The van der Waals surface area contributed by atoms with Crippen LogP contribution in [0.5, 0.6) is 0 Å². The molecule has 0 atom stereocenters. The van der Waals surface area contributed by atoms with Gasteiger partial charge in [0.05, 0.1) is 23.6 Å². The minimum Gasteiger partial charge on any atom is -0.398 e. The number of nitrogens with one attached hydrogen (secondary N) is 1. The third-order valence-electron chi connectivity index (χ3n) is 3.29. The Morgan fingerprint density at radius 3 is 2.35 bits per heavy atom. The number of halogens is 1. The van der Waals surface area contributed by atoms with E-state index < -0.39 is 28.8 Å². The second-order valence-corrected chi connectivity index (χ2v) is 6.76. The number of hydrogen-bond acceptors (Lipinski definition) is 5. The predicted octanol–water partition coefficient (Wildman–Crippen LogP) is 0.642. The van der Waals surface area contributed by atoms with Crippen molar-refractivity contribution in [2.24, 2.45) is 0 Å². The van der Waals surface area contributed by atoms with E-state index >= 15 is 0 Å². The van der Waals surface area contributed by atoms with E-state index in [-0.39, 0.29) is 22.0 Å². The molecule has 0 aliphatic heterocycles. The van der Waals surface area contributed by atoms with Gasteiger partial charge in [0, 0.05) is 10.7 Å². The Hall–Kier alpha value is -0.860. The van der Waals surface area contributed by atoms with Crippen molar-refractivity contribution in [1.82, 2.24) is 4.72 Å². The van der Waals surface area contributed by atoms with Crippen molar-refractivity contribution in [3.05, 3.63) is 22.7 Å². The lowest BCUT2D eigenvalue weighted by Gasteiger charge is -2.29. The van der Waals surface area contributed by atoms with Crippen LogP contribution in [0.3, 0.4) is 0 Å². The molecule has 0 amide bonds. The first-order chi connectivity index (χ1) is 9.21. The average Bonchev–Trinajstić information content (AvgIpc) is 2.40. The van der Waals surface area contributed by atoms with Crippen LogP contribution < -0.4 is 10.5 Å². The second kappa shape index (κ2) is 6.28. The number of nitrogen functional groups attached to an aromatic ring is 1. The van der Waals surface area contributed by atoms with Crippen molar-refractivity contribution in [3.63, 3.8) is 0 Å². The van der Waals surface area contributed by atoms with Gasteiger partial charge in [-0.25, -0.2) is 13.1 Å². The molecule has 0 saturated carbocycles. The molecule has 0 unspecified atom stereocenters. The van der Waals surface area contributed by atoms with Crippen LogP contribution in [0.4, 0.5) is 5.69 Å². The first kappa shape index (κ1) is 17.2. The quantitative estimate of drug-likeness (QED) is 0.574. The Kier molecular flexibility index (Phi) is 5.39. The molecule has 0 bridgehead atoms. The molecule has 0 fully saturated rings. The third kappa shape index (κ3) is 3.42. The smallest absolute Gasteiger partial charge is 0.241 e. The molecule has 0 aliphatic carbocycles. The summed E-state index contributed by atoms with van der Waals surface area (Å²) in [6.07, 6.45) is 0.230. The van der Waals surface area contributed by atoms with E-state index in [1.54, 1.807) is 13.8 Å². The number of aliphatic hydroxyl groups excluding tert-OH is 2. The second-order valence-electron chi connectivity index (χ2n) is 4.67. The Bertz CT molecular complexity index is 577. The van der Waals surface area contributed by atoms with Gasteiger partial charge in [-0.1, -0.05) is 18.5 Å². The summed E-state index contributed by atoms with van der Waals surface area (Å²) >= 11 is 5.83. The molecule has 114 valence electrons. The lowest BCUT2D eigenvalue weighted by Crippen LogP contribution is -2.53. The van der Waals surface area contributed by atoms with Crippen molar-refractivity contribution in [2.75, 3.05) is 18.9 Å². The molecule has 5 N–H and O–H groups in total. The highest BCUT2D eigenvalue weighted by Gasteiger charge is 2.33.